The van der Waals surface area contributed by atoms with Crippen LogP contribution in [0.15, 0.2) is 11.9 Å². The largest absolute Gasteiger partial charge is 0.444 e. The molecule has 1 heterocycles. The molecular weight excluding hydrogens is 275 g/mol. The van der Waals surface area contributed by atoms with Crippen LogP contribution in [-0.4, -0.2) is 41.6 Å². The van der Waals surface area contributed by atoms with E-state index < -0.39 is 17.3 Å². The first kappa shape index (κ1) is 17.5. The molecule has 2 amide bonds. The summed E-state index contributed by atoms with van der Waals surface area (Å²) >= 11 is 0. The first-order chi connectivity index (χ1) is 9.73. The highest BCUT2D eigenvalue weighted by molar-refractivity contribution is 5.91. The standard InChI is InChI=1S/C15H25FN2O3/c1-5-6-12(16)13(19)17-11-7-9-18(10-8-11)14(20)21-15(2,3)4/h6,11H,5,7-10H2,1-4H3,(H,17,19)/b12-6-. The molecule has 1 aliphatic heterocycles. The Morgan fingerprint density at radius 1 is 1.33 bits per heavy atom. The van der Waals surface area contributed by atoms with Gasteiger partial charge >= 0.3 is 6.09 Å². The van der Waals surface area contributed by atoms with Crippen molar-refractivity contribution in [2.45, 2.75) is 58.6 Å². The number of carbonyl (C=O) groups is 2. The Kier molecular flexibility index (Phi) is 6.18. The number of amides is 2. The van der Waals surface area contributed by atoms with Gasteiger partial charge in [0.2, 0.25) is 0 Å². The van der Waals surface area contributed by atoms with Crippen molar-refractivity contribution in [1.82, 2.24) is 10.2 Å². The van der Waals surface area contributed by atoms with Gasteiger partial charge < -0.3 is 15.0 Å². The highest BCUT2D eigenvalue weighted by Crippen LogP contribution is 2.16. The van der Waals surface area contributed by atoms with E-state index in [1.807, 2.05) is 20.8 Å². The number of hydrogen-bond donors (Lipinski definition) is 1. The molecular formula is C15H25FN2O3. The second-order valence-corrected chi connectivity index (χ2v) is 6.18. The van der Waals surface area contributed by atoms with E-state index in [1.165, 1.54) is 6.08 Å². The maximum absolute atomic E-state index is 13.3. The highest BCUT2D eigenvalue weighted by atomic mass is 19.1. The number of nitrogens with zero attached hydrogens (tertiary/aromatic N) is 1. The third-order valence-corrected chi connectivity index (χ3v) is 3.08. The number of hydrogen-bond acceptors (Lipinski definition) is 3. The fraction of sp³-hybridized carbons (Fsp3) is 0.733. The molecule has 1 rings (SSSR count). The topological polar surface area (TPSA) is 58.6 Å². The third-order valence-electron chi connectivity index (χ3n) is 3.08. The molecule has 0 aromatic heterocycles. The van der Waals surface area contributed by atoms with Gasteiger partial charge in [0.15, 0.2) is 5.83 Å². The number of allylic oxidation sites excluding steroid dienone is 1. The van der Waals surface area contributed by atoms with Gasteiger partial charge in [-0.15, -0.1) is 0 Å². The number of nitrogens with one attached hydrogen (secondary N) is 1. The van der Waals surface area contributed by atoms with E-state index in [1.54, 1.807) is 11.8 Å². The number of ether oxygens (including phenoxy) is 1. The maximum atomic E-state index is 13.3. The van der Waals surface area contributed by atoms with Crippen molar-refractivity contribution in [1.29, 1.82) is 0 Å². The number of carbonyl (C=O) groups excluding carboxylic acids is 2. The van der Waals surface area contributed by atoms with Gasteiger partial charge in [-0.1, -0.05) is 6.92 Å². The SMILES string of the molecule is CC/C=C(\F)C(=O)NC1CCN(C(=O)OC(C)(C)C)CC1. The van der Waals surface area contributed by atoms with Crippen LogP contribution in [0.25, 0.3) is 0 Å². The summed E-state index contributed by atoms with van der Waals surface area (Å²) in [6.07, 6.45) is 2.60. The minimum absolute atomic E-state index is 0.104. The van der Waals surface area contributed by atoms with E-state index in [0.29, 0.717) is 32.4 Å². The quantitative estimate of drug-likeness (QED) is 0.815. The van der Waals surface area contributed by atoms with Crippen LogP contribution in [0.5, 0.6) is 0 Å². The van der Waals surface area contributed by atoms with E-state index in [-0.39, 0.29) is 12.1 Å². The van der Waals surface area contributed by atoms with E-state index >= 15 is 0 Å². The number of rotatable bonds is 3. The molecule has 0 radical (unpaired) electrons. The maximum Gasteiger partial charge on any atom is 0.410 e. The smallest absolute Gasteiger partial charge is 0.410 e. The summed E-state index contributed by atoms with van der Waals surface area (Å²) in [6.45, 7) is 8.23. The van der Waals surface area contributed by atoms with Crippen LogP contribution in [0, 0.1) is 0 Å². The minimum Gasteiger partial charge on any atom is -0.444 e. The monoisotopic (exact) mass is 300 g/mol. The summed E-state index contributed by atoms with van der Waals surface area (Å²) in [5.74, 6) is -1.42. The average molecular weight is 300 g/mol. The Balaban J connectivity index is 2.40. The van der Waals surface area contributed by atoms with Crippen molar-refractivity contribution in [3.05, 3.63) is 11.9 Å². The van der Waals surface area contributed by atoms with Crippen LogP contribution < -0.4 is 5.32 Å². The molecule has 0 unspecified atom stereocenters. The van der Waals surface area contributed by atoms with Gasteiger partial charge in [-0.3, -0.25) is 4.79 Å². The number of halogens is 1. The Morgan fingerprint density at radius 3 is 2.38 bits per heavy atom. The molecule has 1 saturated heterocycles. The lowest BCUT2D eigenvalue weighted by molar-refractivity contribution is -0.119. The Labute approximate surface area is 125 Å². The van der Waals surface area contributed by atoms with Crippen LogP contribution in [0.3, 0.4) is 0 Å². The summed E-state index contributed by atoms with van der Waals surface area (Å²) in [6, 6.07) is -0.104. The van der Waals surface area contributed by atoms with E-state index in [9.17, 15) is 14.0 Å². The van der Waals surface area contributed by atoms with Gasteiger partial charge in [-0.2, -0.15) is 0 Å². The predicted molar refractivity (Wildman–Crippen MR) is 78.5 cm³/mol. The zero-order chi connectivity index (χ0) is 16.0. The average Bonchev–Trinajstić information content (AvgIpc) is 2.37. The predicted octanol–water partition coefficient (Wildman–Crippen LogP) is 2.77. The van der Waals surface area contributed by atoms with E-state index in [0.717, 1.165) is 0 Å². The fourth-order valence-corrected chi connectivity index (χ4v) is 2.06. The van der Waals surface area contributed by atoms with Crippen molar-refractivity contribution < 1.29 is 18.7 Å². The van der Waals surface area contributed by atoms with Crippen molar-refractivity contribution in [3.63, 3.8) is 0 Å². The summed E-state index contributed by atoms with van der Waals surface area (Å²) in [4.78, 5) is 25.0. The van der Waals surface area contributed by atoms with Gasteiger partial charge in [0.1, 0.15) is 5.60 Å². The summed E-state index contributed by atoms with van der Waals surface area (Å²) < 4.78 is 18.6. The van der Waals surface area contributed by atoms with Gasteiger partial charge in [0.25, 0.3) is 5.91 Å². The summed E-state index contributed by atoms with van der Waals surface area (Å²) in [7, 11) is 0. The lowest BCUT2D eigenvalue weighted by atomic mass is 10.1. The van der Waals surface area contributed by atoms with Gasteiger partial charge in [-0.05, 0) is 46.1 Å². The van der Waals surface area contributed by atoms with Crippen LogP contribution in [0.1, 0.15) is 47.0 Å². The zero-order valence-electron chi connectivity index (χ0n) is 13.2. The van der Waals surface area contributed by atoms with Crippen molar-refractivity contribution in [2.24, 2.45) is 0 Å². The Hall–Kier alpha value is -1.59. The normalized spacial score (nSPS) is 17.6. The van der Waals surface area contributed by atoms with Crippen LogP contribution in [0.4, 0.5) is 9.18 Å². The molecule has 0 atom stereocenters. The molecule has 0 saturated carbocycles. The van der Waals surface area contributed by atoms with Gasteiger partial charge in [-0.25, -0.2) is 9.18 Å². The highest BCUT2D eigenvalue weighted by Gasteiger charge is 2.27. The lowest BCUT2D eigenvalue weighted by Gasteiger charge is -2.33. The van der Waals surface area contributed by atoms with Crippen molar-refractivity contribution >= 4 is 12.0 Å². The lowest BCUT2D eigenvalue weighted by Crippen LogP contribution is -2.47. The summed E-state index contributed by atoms with van der Waals surface area (Å²) in [5, 5.41) is 2.65. The number of likely N-dealkylation sites (tertiary alicyclic amines) is 1. The second kappa shape index (κ2) is 7.43. The molecule has 1 N–H and O–H groups in total. The molecule has 1 aliphatic rings. The molecule has 6 heteroatoms. The van der Waals surface area contributed by atoms with Crippen LogP contribution >= 0.6 is 0 Å². The molecule has 1 fully saturated rings. The van der Waals surface area contributed by atoms with Crippen LogP contribution in [-0.2, 0) is 9.53 Å². The Morgan fingerprint density at radius 2 is 1.90 bits per heavy atom. The Bertz CT molecular complexity index is 408. The van der Waals surface area contributed by atoms with Gasteiger partial charge in [0.05, 0.1) is 0 Å². The van der Waals surface area contributed by atoms with Crippen LogP contribution in [0.2, 0.25) is 0 Å². The first-order valence-corrected chi connectivity index (χ1v) is 7.37. The van der Waals surface area contributed by atoms with E-state index in [2.05, 4.69) is 5.32 Å². The second-order valence-electron chi connectivity index (χ2n) is 6.18. The van der Waals surface area contributed by atoms with Gasteiger partial charge in [0, 0.05) is 19.1 Å². The molecule has 21 heavy (non-hydrogen) atoms. The van der Waals surface area contributed by atoms with Crippen molar-refractivity contribution in [2.75, 3.05) is 13.1 Å². The number of piperidine rings is 1. The summed E-state index contributed by atoms with van der Waals surface area (Å²) in [5.41, 5.74) is -0.518. The molecule has 0 aromatic rings. The van der Waals surface area contributed by atoms with Crippen molar-refractivity contribution in [3.8, 4) is 0 Å². The third kappa shape index (κ3) is 6.14. The zero-order valence-corrected chi connectivity index (χ0v) is 13.2. The molecule has 120 valence electrons. The first-order valence-electron chi connectivity index (χ1n) is 7.37. The molecule has 0 aliphatic carbocycles. The molecule has 0 aromatic carbocycles. The molecule has 0 bridgehead atoms. The molecule has 0 spiro atoms. The minimum atomic E-state index is -0.743. The van der Waals surface area contributed by atoms with E-state index in [4.69, 9.17) is 4.74 Å². The fourth-order valence-electron chi connectivity index (χ4n) is 2.06. The molecule has 5 nitrogen and oxygen atoms in total.